The maximum absolute atomic E-state index is 12.7. The second kappa shape index (κ2) is 7.53. The Morgan fingerprint density at radius 1 is 1.15 bits per heavy atom. The van der Waals surface area contributed by atoms with Gasteiger partial charge in [0.2, 0.25) is 5.91 Å². The molecule has 1 atom stereocenters. The van der Waals surface area contributed by atoms with Crippen molar-refractivity contribution in [1.29, 1.82) is 0 Å². The molecule has 4 rings (SSSR count). The molecule has 140 valence electrons. The third-order valence-electron chi connectivity index (χ3n) is 5.62. The largest absolute Gasteiger partial charge is 0.344 e. The van der Waals surface area contributed by atoms with Gasteiger partial charge in [0.25, 0.3) is 0 Å². The van der Waals surface area contributed by atoms with Gasteiger partial charge in [-0.25, -0.2) is 4.98 Å². The zero-order valence-corrected chi connectivity index (χ0v) is 16.0. The third-order valence-corrected chi connectivity index (χ3v) is 5.62. The van der Waals surface area contributed by atoms with Crippen molar-refractivity contribution in [1.82, 2.24) is 19.4 Å². The molecule has 0 aliphatic carbocycles. The van der Waals surface area contributed by atoms with E-state index in [-0.39, 0.29) is 5.91 Å². The molecule has 0 N–H and O–H groups in total. The first-order valence-corrected chi connectivity index (χ1v) is 9.52. The van der Waals surface area contributed by atoms with E-state index in [0.29, 0.717) is 19.0 Å². The average Bonchev–Trinajstić information content (AvgIpc) is 3.10. The van der Waals surface area contributed by atoms with Crippen LogP contribution < -0.4 is 0 Å². The summed E-state index contributed by atoms with van der Waals surface area (Å²) in [5, 5.41) is 0. The Morgan fingerprint density at radius 3 is 2.74 bits per heavy atom. The minimum absolute atomic E-state index is 0.181. The van der Waals surface area contributed by atoms with E-state index in [2.05, 4.69) is 45.8 Å². The van der Waals surface area contributed by atoms with Crippen molar-refractivity contribution in [2.45, 2.75) is 32.0 Å². The third kappa shape index (κ3) is 3.74. The summed E-state index contributed by atoms with van der Waals surface area (Å²) in [4.78, 5) is 21.3. The number of imidazole rings is 1. The zero-order chi connectivity index (χ0) is 18.8. The van der Waals surface area contributed by atoms with E-state index in [1.165, 1.54) is 11.1 Å². The molecular weight excluding hydrogens is 336 g/mol. The molecule has 0 spiro atoms. The Balaban J connectivity index is 1.35. The zero-order valence-electron chi connectivity index (χ0n) is 16.0. The number of hydrogen-bond acceptors (Lipinski definition) is 3. The van der Waals surface area contributed by atoms with Gasteiger partial charge in [-0.3, -0.25) is 9.69 Å². The maximum atomic E-state index is 12.7. The monoisotopic (exact) mass is 362 g/mol. The van der Waals surface area contributed by atoms with Crippen molar-refractivity contribution in [2.75, 3.05) is 20.6 Å². The highest BCUT2D eigenvalue weighted by molar-refractivity contribution is 5.77. The standard InChI is InChI=1S/C22H26N4O/c1-24-14-18-8-4-3-7-17(18)13-19(24)15-25(2)22(27)11-12-26-16-23-20-9-5-6-10-21(20)26/h3-10,16,19H,11-15H2,1-2H3/t19-/m0/s1. The summed E-state index contributed by atoms with van der Waals surface area (Å²) in [5.41, 5.74) is 4.86. The number of carbonyl (C=O) groups excluding carboxylic acids is 1. The topological polar surface area (TPSA) is 41.4 Å². The highest BCUT2D eigenvalue weighted by Crippen LogP contribution is 2.22. The summed E-state index contributed by atoms with van der Waals surface area (Å²) >= 11 is 0. The molecule has 1 aliphatic heterocycles. The van der Waals surface area contributed by atoms with E-state index >= 15 is 0 Å². The summed E-state index contributed by atoms with van der Waals surface area (Å²) in [5.74, 6) is 0.181. The van der Waals surface area contributed by atoms with Crippen molar-refractivity contribution in [3.8, 4) is 0 Å². The van der Waals surface area contributed by atoms with Crippen molar-refractivity contribution in [2.24, 2.45) is 0 Å². The normalized spacial score (nSPS) is 17.0. The molecule has 27 heavy (non-hydrogen) atoms. The molecular formula is C22H26N4O. The number of aryl methyl sites for hydroxylation is 1. The van der Waals surface area contributed by atoms with E-state index in [9.17, 15) is 4.79 Å². The molecule has 0 bridgehead atoms. The van der Waals surface area contributed by atoms with E-state index < -0.39 is 0 Å². The lowest BCUT2D eigenvalue weighted by atomic mass is 9.94. The van der Waals surface area contributed by atoms with Crippen molar-refractivity contribution >= 4 is 16.9 Å². The highest BCUT2D eigenvalue weighted by atomic mass is 16.2. The predicted octanol–water partition coefficient (Wildman–Crippen LogP) is 2.94. The van der Waals surface area contributed by atoms with Crippen LogP contribution in [0.25, 0.3) is 11.0 Å². The quantitative estimate of drug-likeness (QED) is 0.701. The fourth-order valence-corrected chi connectivity index (χ4v) is 3.94. The molecule has 5 heteroatoms. The fourth-order valence-electron chi connectivity index (χ4n) is 3.94. The summed E-state index contributed by atoms with van der Waals surface area (Å²) in [6.07, 6.45) is 3.31. The van der Waals surface area contributed by atoms with Crippen molar-refractivity contribution in [3.63, 3.8) is 0 Å². The van der Waals surface area contributed by atoms with Crippen LogP contribution in [0.1, 0.15) is 17.5 Å². The predicted molar refractivity (Wildman–Crippen MR) is 107 cm³/mol. The van der Waals surface area contributed by atoms with Crippen LogP contribution in [0.4, 0.5) is 0 Å². The molecule has 0 fully saturated rings. The molecule has 0 saturated heterocycles. The molecule has 0 saturated carbocycles. The van der Waals surface area contributed by atoms with Gasteiger partial charge >= 0.3 is 0 Å². The number of benzene rings is 2. The minimum atomic E-state index is 0.181. The number of amides is 1. The van der Waals surface area contributed by atoms with E-state index in [4.69, 9.17) is 0 Å². The highest BCUT2D eigenvalue weighted by Gasteiger charge is 2.25. The van der Waals surface area contributed by atoms with Gasteiger partial charge in [0, 0.05) is 39.1 Å². The van der Waals surface area contributed by atoms with Gasteiger partial charge in [0.15, 0.2) is 0 Å². The molecule has 0 unspecified atom stereocenters. The molecule has 1 aromatic heterocycles. The molecule has 1 amide bonds. The number of carbonyl (C=O) groups is 1. The molecule has 0 radical (unpaired) electrons. The Morgan fingerprint density at radius 2 is 1.89 bits per heavy atom. The van der Waals surface area contributed by atoms with E-state index in [1.54, 1.807) is 0 Å². The number of rotatable bonds is 5. The fraction of sp³-hybridized carbons (Fsp3) is 0.364. The second-order valence-electron chi connectivity index (χ2n) is 7.49. The molecule has 2 aromatic carbocycles. The van der Waals surface area contributed by atoms with Crippen molar-refractivity contribution < 1.29 is 4.79 Å². The minimum Gasteiger partial charge on any atom is -0.344 e. The summed E-state index contributed by atoms with van der Waals surface area (Å²) < 4.78 is 2.06. The van der Waals surface area contributed by atoms with E-state index in [0.717, 1.165) is 30.5 Å². The Labute approximate surface area is 160 Å². The Kier molecular flexibility index (Phi) is 4.94. The summed E-state index contributed by atoms with van der Waals surface area (Å²) in [7, 11) is 4.07. The van der Waals surface area contributed by atoms with Crippen LogP contribution in [-0.4, -0.2) is 51.9 Å². The van der Waals surface area contributed by atoms with Gasteiger partial charge in [-0.2, -0.15) is 0 Å². The van der Waals surface area contributed by atoms with Crippen molar-refractivity contribution in [3.05, 3.63) is 66.0 Å². The second-order valence-corrected chi connectivity index (χ2v) is 7.49. The number of para-hydroxylation sites is 2. The first kappa shape index (κ1) is 17.7. The summed E-state index contributed by atoms with van der Waals surface area (Å²) in [6, 6.07) is 17.0. The number of likely N-dealkylation sites (N-methyl/N-ethyl adjacent to an activating group) is 2. The van der Waals surface area contributed by atoms with Gasteiger partial charge in [-0.1, -0.05) is 36.4 Å². The lowest BCUT2D eigenvalue weighted by Gasteiger charge is -2.36. The molecule has 2 heterocycles. The van der Waals surface area contributed by atoms with Crippen LogP contribution in [0.5, 0.6) is 0 Å². The first-order valence-electron chi connectivity index (χ1n) is 9.52. The Hall–Kier alpha value is -2.66. The molecule has 5 nitrogen and oxygen atoms in total. The van der Waals surface area contributed by atoms with Crippen LogP contribution in [0, 0.1) is 0 Å². The van der Waals surface area contributed by atoms with Gasteiger partial charge in [-0.15, -0.1) is 0 Å². The number of aromatic nitrogens is 2. The average molecular weight is 362 g/mol. The van der Waals surface area contributed by atoms with Gasteiger partial charge in [0.1, 0.15) is 0 Å². The van der Waals surface area contributed by atoms with Gasteiger partial charge in [0.05, 0.1) is 17.4 Å². The van der Waals surface area contributed by atoms with Crippen LogP contribution >= 0.6 is 0 Å². The van der Waals surface area contributed by atoms with Crippen LogP contribution in [-0.2, 0) is 24.3 Å². The number of nitrogens with zero attached hydrogens (tertiary/aromatic N) is 4. The number of fused-ring (bicyclic) bond motifs is 2. The summed E-state index contributed by atoms with van der Waals surface area (Å²) in [6.45, 7) is 2.37. The Bertz CT molecular complexity index is 948. The lowest BCUT2D eigenvalue weighted by Crippen LogP contribution is -2.46. The smallest absolute Gasteiger partial charge is 0.224 e. The molecule has 3 aromatic rings. The van der Waals surface area contributed by atoms with Gasteiger partial charge < -0.3 is 9.47 Å². The maximum Gasteiger partial charge on any atom is 0.224 e. The van der Waals surface area contributed by atoms with Crippen LogP contribution in [0.3, 0.4) is 0 Å². The lowest BCUT2D eigenvalue weighted by molar-refractivity contribution is -0.130. The SMILES string of the molecule is CN(C[C@@H]1Cc2ccccc2CN1C)C(=O)CCn1cnc2ccccc21. The van der Waals surface area contributed by atoms with Gasteiger partial charge in [-0.05, 0) is 36.7 Å². The van der Waals surface area contributed by atoms with Crippen LogP contribution in [0.15, 0.2) is 54.9 Å². The van der Waals surface area contributed by atoms with Crippen LogP contribution in [0.2, 0.25) is 0 Å². The first-order chi connectivity index (χ1) is 13.1. The van der Waals surface area contributed by atoms with E-state index in [1.807, 2.05) is 42.5 Å². The number of hydrogen-bond donors (Lipinski definition) is 0. The molecule has 1 aliphatic rings.